The van der Waals surface area contributed by atoms with Gasteiger partial charge in [0.2, 0.25) is 11.8 Å². The van der Waals surface area contributed by atoms with Crippen molar-refractivity contribution in [3.63, 3.8) is 0 Å². The highest BCUT2D eigenvalue weighted by atomic mass is 35.5. The number of carbonyl (C=O) groups excluding carboxylic acids is 3. The second-order valence-electron chi connectivity index (χ2n) is 10.4. The van der Waals surface area contributed by atoms with Gasteiger partial charge in [-0.1, -0.05) is 54.1 Å². The van der Waals surface area contributed by atoms with Crippen LogP contribution in [0.1, 0.15) is 27.9 Å². The molecule has 1 saturated heterocycles. The van der Waals surface area contributed by atoms with Crippen LogP contribution >= 0.6 is 11.6 Å². The molecule has 1 aliphatic rings. The van der Waals surface area contributed by atoms with Crippen molar-refractivity contribution in [1.82, 2.24) is 10.2 Å². The summed E-state index contributed by atoms with van der Waals surface area (Å²) in [7, 11) is 0. The number of nitrogens with one attached hydrogen (secondary N) is 1. The van der Waals surface area contributed by atoms with Gasteiger partial charge in [-0.3, -0.25) is 14.4 Å². The Bertz CT molecular complexity index is 1540. The number of ether oxygens (including phenoxy) is 2. The number of benzene rings is 4. The second kappa shape index (κ2) is 14.0. The first-order valence-electron chi connectivity index (χ1n) is 14.0. The average molecular weight is 598 g/mol. The van der Waals surface area contributed by atoms with Crippen molar-refractivity contribution in [3.8, 4) is 11.5 Å². The molecule has 9 heteroatoms. The Morgan fingerprint density at radius 2 is 1.53 bits per heavy atom. The lowest BCUT2D eigenvalue weighted by molar-refractivity contribution is -0.129. The molecular weight excluding hydrogens is 566 g/mol. The van der Waals surface area contributed by atoms with Gasteiger partial charge in [-0.2, -0.15) is 0 Å². The zero-order valence-corrected chi connectivity index (χ0v) is 24.2. The molecule has 0 aliphatic carbocycles. The number of amides is 2. The standard InChI is InChI=1S/C34H32ClN3O5/c35-27-10-6-23(7-11-27)19-38-20-26(18-32(38)39)34(41)37-31(22-42-21-24-4-2-1-3-5-24)33(40)25-8-14-29(15-9-25)43-30-16-12-28(36)13-17-30/h1-17,26,31H,18-22,36H2,(H,37,41). The van der Waals surface area contributed by atoms with Gasteiger partial charge in [0.05, 0.1) is 19.1 Å². The van der Waals surface area contributed by atoms with Gasteiger partial charge < -0.3 is 25.4 Å². The Morgan fingerprint density at radius 3 is 2.21 bits per heavy atom. The van der Waals surface area contributed by atoms with E-state index in [1.807, 2.05) is 42.5 Å². The highest BCUT2D eigenvalue weighted by molar-refractivity contribution is 6.30. The molecule has 43 heavy (non-hydrogen) atoms. The summed E-state index contributed by atoms with van der Waals surface area (Å²) < 4.78 is 11.7. The molecule has 0 aromatic heterocycles. The summed E-state index contributed by atoms with van der Waals surface area (Å²) in [4.78, 5) is 41.3. The van der Waals surface area contributed by atoms with E-state index in [0.29, 0.717) is 34.3 Å². The van der Waals surface area contributed by atoms with Gasteiger partial charge in [0.15, 0.2) is 5.78 Å². The fourth-order valence-electron chi connectivity index (χ4n) is 4.81. The van der Waals surface area contributed by atoms with Crippen molar-refractivity contribution in [2.24, 2.45) is 5.92 Å². The van der Waals surface area contributed by atoms with E-state index >= 15 is 0 Å². The number of nitrogens with zero attached hydrogens (tertiary/aromatic N) is 1. The molecule has 0 saturated carbocycles. The van der Waals surface area contributed by atoms with Gasteiger partial charge in [-0.25, -0.2) is 0 Å². The summed E-state index contributed by atoms with van der Waals surface area (Å²) in [5.41, 5.74) is 8.63. The Hall–Kier alpha value is -4.66. The van der Waals surface area contributed by atoms with Gasteiger partial charge in [-0.05, 0) is 71.8 Å². The van der Waals surface area contributed by atoms with Crippen molar-refractivity contribution in [1.29, 1.82) is 0 Å². The van der Waals surface area contributed by atoms with Gasteiger partial charge in [0.25, 0.3) is 0 Å². The summed E-state index contributed by atoms with van der Waals surface area (Å²) >= 11 is 5.97. The number of Topliss-reactive ketones (excluding diaryl/α,β-unsaturated/α-hetero) is 1. The quantitative estimate of drug-likeness (QED) is 0.161. The number of likely N-dealkylation sites (tertiary alicyclic amines) is 1. The molecule has 2 atom stereocenters. The van der Waals surface area contributed by atoms with Gasteiger partial charge in [0.1, 0.15) is 17.5 Å². The third kappa shape index (κ3) is 8.22. The van der Waals surface area contributed by atoms with E-state index in [1.54, 1.807) is 65.6 Å². The molecule has 8 nitrogen and oxygen atoms in total. The van der Waals surface area contributed by atoms with Crippen LogP contribution in [0.3, 0.4) is 0 Å². The predicted molar refractivity (Wildman–Crippen MR) is 165 cm³/mol. The third-order valence-electron chi connectivity index (χ3n) is 7.16. The van der Waals surface area contributed by atoms with Crippen LogP contribution in [-0.4, -0.2) is 41.7 Å². The van der Waals surface area contributed by atoms with Crippen LogP contribution in [0.25, 0.3) is 0 Å². The van der Waals surface area contributed by atoms with Crippen LogP contribution in [0.2, 0.25) is 5.02 Å². The van der Waals surface area contributed by atoms with Crippen LogP contribution in [-0.2, 0) is 27.5 Å². The third-order valence-corrected chi connectivity index (χ3v) is 7.41. The summed E-state index contributed by atoms with van der Waals surface area (Å²) in [6, 6.07) is 29.6. The number of hydrogen-bond acceptors (Lipinski definition) is 6. The normalized spacial score (nSPS) is 15.2. The van der Waals surface area contributed by atoms with Crippen molar-refractivity contribution >= 4 is 34.9 Å². The van der Waals surface area contributed by atoms with E-state index in [1.165, 1.54) is 0 Å². The molecule has 2 amide bonds. The fraction of sp³-hybridized carbons (Fsp3) is 0.206. The van der Waals surface area contributed by atoms with E-state index < -0.39 is 12.0 Å². The fourth-order valence-corrected chi connectivity index (χ4v) is 4.94. The van der Waals surface area contributed by atoms with E-state index in [-0.39, 0.29) is 43.8 Å². The summed E-state index contributed by atoms with van der Waals surface area (Å²) in [5, 5.41) is 3.48. The molecule has 5 rings (SSSR count). The molecule has 4 aromatic rings. The van der Waals surface area contributed by atoms with Crippen LogP contribution in [0.5, 0.6) is 11.5 Å². The highest BCUT2D eigenvalue weighted by Gasteiger charge is 2.36. The highest BCUT2D eigenvalue weighted by Crippen LogP contribution is 2.24. The molecule has 220 valence electrons. The van der Waals surface area contributed by atoms with E-state index in [9.17, 15) is 14.4 Å². The van der Waals surface area contributed by atoms with Crippen molar-refractivity contribution in [3.05, 3.63) is 125 Å². The number of rotatable bonds is 12. The molecule has 1 fully saturated rings. The van der Waals surface area contributed by atoms with Crippen LogP contribution < -0.4 is 15.8 Å². The first-order valence-corrected chi connectivity index (χ1v) is 14.3. The number of ketones is 1. The van der Waals surface area contributed by atoms with Gasteiger partial charge in [0, 0.05) is 35.8 Å². The van der Waals surface area contributed by atoms with Crippen molar-refractivity contribution < 1.29 is 23.9 Å². The maximum absolute atomic E-state index is 13.6. The Balaban J connectivity index is 1.24. The van der Waals surface area contributed by atoms with E-state index in [0.717, 1.165) is 11.1 Å². The Morgan fingerprint density at radius 1 is 0.884 bits per heavy atom. The molecule has 0 spiro atoms. The number of hydrogen-bond donors (Lipinski definition) is 2. The summed E-state index contributed by atoms with van der Waals surface area (Å²) in [6.45, 7) is 0.896. The topological polar surface area (TPSA) is 111 Å². The molecule has 2 unspecified atom stereocenters. The molecule has 1 aliphatic heterocycles. The average Bonchev–Trinajstić information content (AvgIpc) is 3.39. The Kier molecular flexibility index (Phi) is 9.71. The summed E-state index contributed by atoms with van der Waals surface area (Å²) in [5.74, 6) is -0.203. The minimum atomic E-state index is -0.944. The zero-order valence-electron chi connectivity index (χ0n) is 23.4. The number of nitrogens with two attached hydrogens (primary N) is 1. The monoisotopic (exact) mass is 597 g/mol. The first kappa shape index (κ1) is 29.8. The number of nitrogen functional groups attached to an aromatic ring is 1. The van der Waals surface area contributed by atoms with E-state index in [4.69, 9.17) is 26.8 Å². The van der Waals surface area contributed by atoms with Crippen molar-refractivity contribution in [2.45, 2.75) is 25.6 Å². The second-order valence-corrected chi connectivity index (χ2v) is 10.9. The molecular formula is C34H32ClN3O5. The minimum absolute atomic E-state index is 0.0295. The maximum atomic E-state index is 13.6. The van der Waals surface area contributed by atoms with Crippen LogP contribution in [0, 0.1) is 5.92 Å². The van der Waals surface area contributed by atoms with Gasteiger partial charge in [-0.15, -0.1) is 0 Å². The first-order chi connectivity index (χ1) is 20.8. The summed E-state index contributed by atoms with van der Waals surface area (Å²) in [6.07, 6.45) is 0.0718. The molecule has 0 radical (unpaired) electrons. The maximum Gasteiger partial charge on any atom is 0.226 e. The van der Waals surface area contributed by atoms with Crippen molar-refractivity contribution in [2.75, 3.05) is 18.9 Å². The van der Waals surface area contributed by atoms with Gasteiger partial charge >= 0.3 is 0 Å². The lowest BCUT2D eigenvalue weighted by atomic mass is 10.0. The number of carbonyl (C=O) groups is 3. The zero-order chi connectivity index (χ0) is 30.2. The number of anilines is 1. The van der Waals surface area contributed by atoms with Crippen LogP contribution in [0.4, 0.5) is 5.69 Å². The predicted octanol–water partition coefficient (Wildman–Crippen LogP) is 5.65. The van der Waals surface area contributed by atoms with E-state index in [2.05, 4.69) is 5.32 Å². The Labute approximate surface area is 255 Å². The molecule has 1 heterocycles. The largest absolute Gasteiger partial charge is 0.457 e. The lowest BCUT2D eigenvalue weighted by Crippen LogP contribution is -2.46. The molecule has 0 bridgehead atoms. The molecule has 3 N–H and O–H groups in total. The molecule has 4 aromatic carbocycles. The minimum Gasteiger partial charge on any atom is -0.457 e. The number of halogens is 1. The SMILES string of the molecule is Nc1ccc(Oc2ccc(C(=O)C(COCc3ccccc3)NC(=O)C3CC(=O)N(Cc4ccc(Cl)cc4)C3)cc2)cc1. The van der Waals surface area contributed by atoms with Crippen LogP contribution in [0.15, 0.2) is 103 Å². The lowest BCUT2D eigenvalue weighted by Gasteiger charge is -2.21. The smallest absolute Gasteiger partial charge is 0.226 e.